The van der Waals surface area contributed by atoms with Gasteiger partial charge in [-0.2, -0.15) is 5.10 Å². The third-order valence-corrected chi connectivity index (χ3v) is 5.64. The number of carbonyl (C=O) groups is 2. The first-order valence-corrected chi connectivity index (χ1v) is 11.4. The molecule has 1 atom stereocenters. The minimum atomic E-state index is -0.823. The Labute approximate surface area is 212 Å². The summed E-state index contributed by atoms with van der Waals surface area (Å²) in [5.74, 6) is -0.328. The molecule has 0 aromatic heterocycles. The summed E-state index contributed by atoms with van der Waals surface area (Å²) in [6.45, 7) is 1.60. The van der Waals surface area contributed by atoms with Crippen molar-refractivity contribution >= 4 is 52.1 Å². The van der Waals surface area contributed by atoms with Gasteiger partial charge in [0.05, 0.1) is 16.8 Å². The average molecular weight is 507 g/mol. The number of hydrogen-bond donors (Lipinski definition) is 1. The number of rotatable bonds is 7. The summed E-state index contributed by atoms with van der Waals surface area (Å²) < 4.78 is 11.3. The zero-order valence-electron chi connectivity index (χ0n) is 18.6. The monoisotopic (exact) mass is 506 g/mol. The number of halogens is 2. The molecule has 0 saturated carbocycles. The highest BCUT2D eigenvalue weighted by atomic mass is 35.5. The van der Waals surface area contributed by atoms with E-state index in [1.54, 1.807) is 61.5 Å². The molecule has 35 heavy (non-hydrogen) atoms. The number of fused-ring (bicyclic) bond motifs is 1. The largest absolute Gasteiger partial charge is 0.481 e. The fourth-order valence-electron chi connectivity index (χ4n) is 3.33. The summed E-state index contributed by atoms with van der Waals surface area (Å²) in [6, 6.07) is 24.4. The van der Waals surface area contributed by atoms with Gasteiger partial charge in [-0.05, 0) is 54.1 Å². The minimum absolute atomic E-state index is 0.241. The Bertz CT molecular complexity index is 1420. The molecule has 0 spiro atoms. The van der Waals surface area contributed by atoms with Crippen molar-refractivity contribution in [1.29, 1.82) is 0 Å². The van der Waals surface area contributed by atoms with Gasteiger partial charge in [0, 0.05) is 10.6 Å². The van der Waals surface area contributed by atoms with Crippen molar-refractivity contribution in [3.63, 3.8) is 0 Å². The lowest BCUT2D eigenvalue weighted by Gasteiger charge is -2.13. The standard InChI is InChI=1S/C27H20Cl2N2O4/c1-17(34-20-9-6-8-19(28)15-20)26(32)31-30-16-23-21-10-3-2-7-18(21)13-14-25(23)35-27(33)22-11-4-5-12-24(22)29/h2-17H,1H3,(H,31,32)/b30-16-/t17-/m1/s1. The second-order valence-electron chi connectivity index (χ2n) is 7.52. The zero-order chi connectivity index (χ0) is 24.8. The molecule has 0 aliphatic heterocycles. The summed E-state index contributed by atoms with van der Waals surface area (Å²) in [6.07, 6.45) is 0.609. The molecule has 0 bridgehead atoms. The highest BCUT2D eigenvalue weighted by Crippen LogP contribution is 2.28. The first-order chi connectivity index (χ1) is 16.9. The van der Waals surface area contributed by atoms with E-state index in [-0.39, 0.29) is 16.3 Å². The third-order valence-electron chi connectivity index (χ3n) is 5.07. The zero-order valence-corrected chi connectivity index (χ0v) is 20.1. The van der Waals surface area contributed by atoms with Crippen LogP contribution in [0, 0.1) is 0 Å². The molecule has 176 valence electrons. The van der Waals surface area contributed by atoms with Gasteiger partial charge in [-0.25, -0.2) is 10.2 Å². The molecule has 1 N–H and O–H groups in total. The van der Waals surface area contributed by atoms with Gasteiger partial charge >= 0.3 is 5.97 Å². The fourth-order valence-corrected chi connectivity index (χ4v) is 3.72. The predicted molar refractivity (Wildman–Crippen MR) is 138 cm³/mol. The van der Waals surface area contributed by atoms with Crippen molar-refractivity contribution in [1.82, 2.24) is 5.43 Å². The van der Waals surface area contributed by atoms with Crippen molar-refractivity contribution in [3.05, 3.63) is 106 Å². The minimum Gasteiger partial charge on any atom is -0.481 e. The summed E-state index contributed by atoms with van der Waals surface area (Å²) in [7, 11) is 0. The van der Waals surface area contributed by atoms with E-state index in [2.05, 4.69) is 10.5 Å². The second-order valence-corrected chi connectivity index (χ2v) is 8.36. The van der Waals surface area contributed by atoms with E-state index in [9.17, 15) is 9.59 Å². The number of nitrogens with zero attached hydrogens (tertiary/aromatic N) is 1. The number of carbonyl (C=O) groups excluding carboxylic acids is 2. The SMILES string of the molecule is C[C@@H](Oc1cccc(Cl)c1)C(=O)N/N=C\c1c(OC(=O)c2ccccc2Cl)ccc2ccccc12. The maximum Gasteiger partial charge on any atom is 0.345 e. The molecule has 4 aromatic rings. The van der Waals surface area contributed by atoms with Crippen LogP contribution in [0.3, 0.4) is 0 Å². The van der Waals surface area contributed by atoms with Crippen LogP contribution in [0.4, 0.5) is 0 Å². The summed E-state index contributed by atoms with van der Waals surface area (Å²) in [5, 5.41) is 6.57. The van der Waals surface area contributed by atoms with Gasteiger partial charge in [0.1, 0.15) is 11.5 Å². The van der Waals surface area contributed by atoms with Gasteiger partial charge in [0.25, 0.3) is 5.91 Å². The van der Waals surface area contributed by atoms with Crippen molar-refractivity contribution in [3.8, 4) is 11.5 Å². The number of esters is 1. The summed E-state index contributed by atoms with van der Waals surface area (Å²) >= 11 is 12.1. The Balaban J connectivity index is 1.55. The second kappa shape index (κ2) is 11.0. The van der Waals surface area contributed by atoms with E-state index < -0.39 is 18.0 Å². The van der Waals surface area contributed by atoms with Crippen LogP contribution in [0.1, 0.15) is 22.8 Å². The number of nitrogens with one attached hydrogen (secondary N) is 1. The summed E-state index contributed by atoms with van der Waals surface area (Å²) in [5.41, 5.74) is 3.22. The molecule has 4 aromatic carbocycles. The molecule has 0 saturated heterocycles. The summed E-state index contributed by atoms with van der Waals surface area (Å²) in [4.78, 5) is 25.2. The molecular weight excluding hydrogens is 487 g/mol. The Morgan fingerprint density at radius 3 is 2.51 bits per heavy atom. The lowest BCUT2D eigenvalue weighted by Crippen LogP contribution is -2.33. The molecule has 0 heterocycles. The van der Waals surface area contributed by atoms with E-state index in [4.69, 9.17) is 32.7 Å². The van der Waals surface area contributed by atoms with E-state index in [1.807, 2.05) is 30.3 Å². The maximum absolute atomic E-state index is 12.7. The van der Waals surface area contributed by atoms with Crippen LogP contribution in [0.2, 0.25) is 10.0 Å². The lowest BCUT2D eigenvalue weighted by molar-refractivity contribution is -0.127. The molecule has 0 aliphatic rings. The molecule has 1 amide bonds. The van der Waals surface area contributed by atoms with Gasteiger partial charge in [0.15, 0.2) is 6.10 Å². The van der Waals surface area contributed by atoms with Crippen LogP contribution in [0.5, 0.6) is 11.5 Å². The van der Waals surface area contributed by atoms with Gasteiger partial charge in [-0.1, -0.05) is 71.7 Å². The van der Waals surface area contributed by atoms with Crippen LogP contribution in [0.15, 0.2) is 90.0 Å². The van der Waals surface area contributed by atoms with E-state index >= 15 is 0 Å². The number of hydrazone groups is 1. The van der Waals surface area contributed by atoms with Crippen LogP contribution in [0.25, 0.3) is 10.8 Å². The van der Waals surface area contributed by atoms with Crippen molar-refractivity contribution in [2.24, 2.45) is 5.10 Å². The van der Waals surface area contributed by atoms with Crippen LogP contribution in [-0.2, 0) is 4.79 Å². The van der Waals surface area contributed by atoms with Crippen LogP contribution < -0.4 is 14.9 Å². The Kier molecular flexibility index (Phi) is 7.65. The van der Waals surface area contributed by atoms with E-state index in [0.29, 0.717) is 16.3 Å². The van der Waals surface area contributed by atoms with E-state index in [0.717, 1.165) is 10.8 Å². The molecule has 0 aliphatic carbocycles. The lowest BCUT2D eigenvalue weighted by atomic mass is 10.0. The molecule has 8 heteroatoms. The molecule has 0 unspecified atom stereocenters. The molecule has 0 fully saturated rings. The predicted octanol–water partition coefficient (Wildman–Crippen LogP) is 6.28. The normalized spacial score (nSPS) is 11.9. The topological polar surface area (TPSA) is 77.0 Å². The maximum atomic E-state index is 12.7. The average Bonchev–Trinajstić information content (AvgIpc) is 2.85. The first kappa shape index (κ1) is 24.3. The highest BCUT2D eigenvalue weighted by molar-refractivity contribution is 6.33. The fraction of sp³-hybridized carbons (Fsp3) is 0.0741. The molecule has 0 radical (unpaired) electrons. The third kappa shape index (κ3) is 5.98. The molecule has 4 rings (SSSR count). The number of benzene rings is 4. The van der Waals surface area contributed by atoms with Gasteiger partial charge in [-0.15, -0.1) is 0 Å². The first-order valence-electron chi connectivity index (χ1n) is 10.7. The number of ether oxygens (including phenoxy) is 2. The van der Waals surface area contributed by atoms with Crippen molar-refractivity contribution in [2.45, 2.75) is 13.0 Å². The van der Waals surface area contributed by atoms with Crippen LogP contribution >= 0.6 is 23.2 Å². The molecular formula is C27H20Cl2N2O4. The Hall–Kier alpha value is -3.87. The van der Waals surface area contributed by atoms with Gasteiger partial charge in [0.2, 0.25) is 0 Å². The van der Waals surface area contributed by atoms with Crippen molar-refractivity contribution in [2.75, 3.05) is 0 Å². The van der Waals surface area contributed by atoms with Crippen LogP contribution in [-0.4, -0.2) is 24.2 Å². The Morgan fingerprint density at radius 1 is 0.943 bits per heavy atom. The number of hydrogen-bond acceptors (Lipinski definition) is 5. The van der Waals surface area contributed by atoms with E-state index in [1.165, 1.54) is 6.21 Å². The molecule has 6 nitrogen and oxygen atoms in total. The number of amides is 1. The quantitative estimate of drug-likeness (QED) is 0.138. The Morgan fingerprint density at radius 2 is 1.71 bits per heavy atom. The van der Waals surface area contributed by atoms with Crippen molar-refractivity contribution < 1.29 is 19.1 Å². The van der Waals surface area contributed by atoms with Gasteiger partial charge < -0.3 is 9.47 Å². The van der Waals surface area contributed by atoms with Gasteiger partial charge in [-0.3, -0.25) is 4.79 Å². The highest BCUT2D eigenvalue weighted by Gasteiger charge is 2.17. The smallest absolute Gasteiger partial charge is 0.345 e.